The molecule has 2 aromatic rings. The summed E-state index contributed by atoms with van der Waals surface area (Å²) in [4.78, 5) is 4.29. The molecule has 0 saturated heterocycles. The van der Waals surface area contributed by atoms with Crippen LogP contribution in [0.5, 0.6) is 5.75 Å². The van der Waals surface area contributed by atoms with Crippen molar-refractivity contribution in [1.82, 2.24) is 10.3 Å². The quantitative estimate of drug-likeness (QED) is 0.811. The van der Waals surface area contributed by atoms with Crippen LogP contribution in [0.3, 0.4) is 0 Å². The number of ether oxygens (including phenoxy) is 1. The fourth-order valence-corrected chi connectivity index (χ4v) is 1.90. The number of benzene rings is 1. The number of oxazole rings is 1. The zero-order valence-electron chi connectivity index (χ0n) is 11.7. The zero-order chi connectivity index (χ0) is 13.7. The predicted molar refractivity (Wildman–Crippen MR) is 75.5 cm³/mol. The van der Waals surface area contributed by atoms with Crippen LogP contribution >= 0.6 is 0 Å². The molecule has 0 aliphatic carbocycles. The normalized spacial score (nSPS) is 10.7. The fourth-order valence-electron chi connectivity index (χ4n) is 1.90. The molecule has 1 heterocycles. The van der Waals surface area contributed by atoms with Gasteiger partial charge in [0.2, 0.25) is 0 Å². The van der Waals surface area contributed by atoms with Gasteiger partial charge in [-0.2, -0.15) is 0 Å². The molecule has 1 aromatic heterocycles. The number of nitrogens with one attached hydrogen (secondary N) is 1. The van der Waals surface area contributed by atoms with Crippen LogP contribution in [0.15, 0.2) is 28.8 Å². The van der Waals surface area contributed by atoms with Gasteiger partial charge in [0.05, 0.1) is 13.3 Å². The first-order valence-corrected chi connectivity index (χ1v) is 6.55. The van der Waals surface area contributed by atoms with Crippen LogP contribution in [-0.4, -0.2) is 25.2 Å². The second kappa shape index (κ2) is 6.38. The van der Waals surface area contributed by atoms with Gasteiger partial charge in [0, 0.05) is 18.5 Å². The van der Waals surface area contributed by atoms with Gasteiger partial charge < -0.3 is 14.5 Å². The molecular weight excluding hydrogens is 240 g/mol. The first-order chi connectivity index (χ1) is 9.24. The Hall–Kier alpha value is -1.81. The highest BCUT2D eigenvalue weighted by atomic mass is 16.5. The van der Waals surface area contributed by atoms with Gasteiger partial charge in [-0.05, 0) is 25.1 Å². The highest BCUT2D eigenvalue weighted by Gasteiger charge is 2.08. The minimum atomic E-state index is 0.760. The first kappa shape index (κ1) is 13.6. The Bertz CT molecular complexity index is 535. The van der Waals surface area contributed by atoms with Crippen molar-refractivity contribution >= 4 is 0 Å². The van der Waals surface area contributed by atoms with Gasteiger partial charge >= 0.3 is 0 Å². The molecule has 4 nitrogen and oxygen atoms in total. The van der Waals surface area contributed by atoms with Crippen LogP contribution in [0.2, 0.25) is 0 Å². The SMILES string of the molecule is CCNCCc1ncc(-c2ccc(C)c(OC)c2)o1. The molecule has 1 N–H and O–H groups in total. The monoisotopic (exact) mass is 260 g/mol. The minimum absolute atomic E-state index is 0.760. The maximum Gasteiger partial charge on any atom is 0.196 e. The lowest BCUT2D eigenvalue weighted by Crippen LogP contribution is -2.16. The summed E-state index contributed by atoms with van der Waals surface area (Å²) in [6.07, 6.45) is 2.57. The van der Waals surface area contributed by atoms with E-state index in [0.29, 0.717) is 0 Å². The van der Waals surface area contributed by atoms with E-state index in [1.807, 2.05) is 25.1 Å². The summed E-state index contributed by atoms with van der Waals surface area (Å²) in [5.74, 6) is 2.41. The van der Waals surface area contributed by atoms with E-state index in [1.54, 1.807) is 13.3 Å². The third-order valence-corrected chi connectivity index (χ3v) is 3.01. The summed E-state index contributed by atoms with van der Waals surface area (Å²) in [6, 6.07) is 6.02. The summed E-state index contributed by atoms with van der Waals surface area (Å²) in [7, 11) is 1.67. The molecule has 0 aliphatic rings. The van der Waals surface area contributed by atoms with Gasteiger partial charge in [-0.25, -0.2) is 4.98 Å². The molecule has 0 radical (unpaired) electrons. The molecule has 2 rings (SSSR count). The molecule has 0 bridgehead atoms. The lowest BCUT2D eigenvalue weighted by atomic mass is 10.1. The van der Waals surface area contributed by atoms with Gasteiger partial charge in [-0.1, -0.05) is 19.1 Å². The summed E-state index contributed by atoms with van der Waals surface area (Å²) in [5, 5.41) is 3.25. The second-order valence-corrected chi connectivity index (χ2v) is 4.41. The third kappa shape index (κ3) is 3.35. The van der Waals surface area contributed by atoms with Crippen LogP contribution in [0.1, 0.15) is 18.4 Å². The number of hydrogen-bond acceptors (Lipinski definition) is 4. The van der Waals surface area contributed by atoms with Crippen LogP contribution in [-0.2, 0) is 6.42 Å². The number of nitrogens with zero attached hydrogens (tertiary/aromatic N) is 1. The van der Waals surface area contributed by atoms with Crippen molar-refractivity contribution in [3.05, 3.63) is 35.9 Å². The third-order valence-electron chi connectivity index (χ3n) is 3.01. The highest BCUT2D eigenvalue weighted by molar-refractivity contribution is 5.60. The Kier molecular flexibility index (Phi) is 4.58. The number of aromatic nitrogens is 1. The van der Waals surface area contributed by atoms with Gasteiger partial charge in [0.1, 0.15) is 5.75 Å². The maximum absolute atomic E-state index is 5.75. The number of methoxy groups -OCH3 is 1. The molecule has 0 saturated carbocycles. The van der Waals surface area contributed by atoms with E-state index >= 15 is 0 Å². The fraction of sp³-hybridized carbons (Fsp3) is 0.400. The lowest BCUT2D eigenvalue weighted by Gasteiger charge is -2.05. The van der Waals surface area contributed by atoms with E-state index in [-0.39, 0.29) is 0 Å². The van der Waals surface area contributed by atoms with E-state index in [1.165, 1.54) is 0 Å². The topological polar surface area (TPSA) is 47.3 Å². The van der Waals surface area contributed by atoms with Crippen molar-refractivity contribution in [1.29, 1.82) is 0 Å². The molecule has 102 valence electrons. The van der Waals surface area contributed by atoms with Gasteiger partial charge in [0.25, 0.3) is 0 Å². The predicted octanol–water partition coefficient (Wildman–Crippen LogP) is 2.81. The number of aryl methyl sites for hydroxylation is 1. The van der Waals surface area contributed by atoms with E-state index < -0.39 is 0 Å². The second-order valence-electron chi connectivity index (χ2n) is 4.41. The van der Waals surface area contributed by atoms with Crippen LogP contribution in [0, 0.1) is 6.92 Å². The number of hydrogen-bond donors (Lipinski definition) is 1. The summed E-state index contributed by atoms with van der Waals surface area (Å²) in [6.45, 7) is 5.95. The van der Waals surface area contributed by atoms with Crippen LogP contribution in [0.25, 0.3) is 11.3 Å². The van der Waals surface area contributed by atoms with Crippen LogP contribution < -0.4 is 10.1 Å². The Balaban J connectivity index is 2.13. The van der Waals surface area contributed by atoms with E-state index in [4.69, 9.17) is 9.15 Å². The summed E-state index contributed by atoms with van der Waals surface area (Å²) < 4.78 is 11.1. The molecule has 19 heavy (non-hydrogen) atoms. The summed E-state index contributed by atoms with van der Waals surface area (Å²) >= 11 is 0. The number of likely N-dealkylation sites (N-methyl/N-ethyl adjacent to an activating group) is 1. The largest absolute Gasteiger partial charge is 0.496 e. The van der Waals surface area contributed by atoms with Crippen molar-refractivity contribution in [2.24, 2.45) is 0 Å². The van der Waals surface area contributed by atoms with Crippen molar-refractivity contribution in [2.75, 3.05) is 20.2 Å². The smallest absolute Gasteiger partial charge is 0.196 e. The van der Waals surface area contributed by atoms with Crippen LogP contribution in [0.4, 0.5) is 0 Å². The average Bonchev–Trinajstić information content (AvgIpc) is 2.88. The molecule has 0 fully saturated rings. The maximum atomic E-state index is 5.75. The molecule has 0 atom stereocenters. The molecule has 4 heteroatoms. The van der Waals surface area contributed by atoms with Gasteiger partial charge in [0.15, 0.2) is 11.7 Å². The molecule has 1 aromatic carbocycles. The van der Waals surface area contributed by atoms with Gasteiger partial charge in [-0.15, -0.1) is 0 Å². The Morgan fingerprint density at radius 2 is 2.21 bits per heavy atom. The zero-order valence-corrected chi connectivity index (χ0v) is 11.7. The Morgan fingerprint density at radius 1 is 1.37 bits per heavy atom. The first-order valence-electron chi connectivity index (χ1n) is 6.55. The Labute approximate surface area is 113 Å². The molecule has 0 unspecified atom stereocenters. The average molecular weight is 260 g/mol. The van der Waals surface area contributed by atoms with E-state index in [2.05, 4.69) is 17.2 Å². The molecule has 0 amide bonds. The highest BCUT2D eigenvalue weighted by Crippen LogP contribution is 2.27. The van der Waals surface area contributed by atoms with Crippen molar-refractivity contribution in [3.8, 4) is 17.1 Å². The van der Waals surface area contributed by atoms with E-state index in [0.717, 1.165) is 48.0 Å². The number of rotatable bonds is 6. The molecule has 0 aliphatic heterocycles. The molecule has 0 spiro atoms. The van der Waals surface area contributed by atoms with Crippen molar-refractivity contribution in [2.45, 2.75) is 20.3 Å². The summed E-state index contributed by atoms with van der Waals surface area (Å²) in [5.41, 5.74) is 2.10. The van der Waals surface area contributed by atoms with Crippen molar-refractivity contribution in [3.63, 3.8) is 0 Å². The standard InChI is InChI=1S/C15H20N2O2/c1-4-16-8-7-15-17-10-14(19-15)12-6-5-11(2)13(9-12)18-3/h5-6,9-10,16H,4,7-8H2,1-3H3. The minimum Gasteiger partial charge on any atom is -0.496 e. The van der Waals surface area contributed by atoms with Gasteiger partial charge in [-0.3, -0.25) is 0 Å². The van der Waals surface area contributed by atoms with E-state index in [9.17, 15) is 0 Å². The Morgan fingerprint density at radius 3 is 2.95 bits per heavy atom. The molecular formula is C15H20N2O2. The van der Waals surface area contributed by atoms with Crippen molar-refractivity contribution < 1.29 is 9.15 Å². The lowest BCUT2D eigenvalue weighted by molar-refractivity contribution is 0.411.